The highest BCUT2D eigenvalue weighted by molar-refractivity contribution is 6.11. The van der Waals surface area contributed by atoms with Crippen LogP contribution >= 0.6 is 0 Å². The summed E-state index contributed by atoms with van der Waals surface area (Å²) in [5.41, 5.74) is 11.7. The summed E-state index contributed by atoms with van der Waals surface area (Å²) in [7, 11) is 0. The number of rotatable bonds is 4. The lowest BCUT2D eigenvalue weighted by atomic mass is 9.95. The maximum absolute atomic E-state index is 10.2. The van der Waals surface area contributed by atoms with Gasteiger partial charge in [0.1, 0.15) is 0 Å². The van der Waals surface area contributed by atoms with Crippen LogP contribution in [0.4, 0.5) is 5.69 Å². The summed E-state index contributed by atoms with van der Waals surface area (Å²) in [5, 5.41) is 24.1. The van der Waals surface area contributed by atoms with Crippen molar-refractivity contribution in [2.75, 3.05) is 0 Å². The lowest BCUT2D eigenvalue weighted by molar-refractivity contribution is 1.18. The molecule has 5 nitrogen and oxygen atoms in total. The fourth-order valence-electron chi connectivity index (χ4n) is 7.34. The summed E-state index contributed by atoms with van der Waals surface area (Å²) in [6, 6.07) is 55.7. The van der Waals surface area contributed by atoms with E-state index in [9.17, 15) is 10.5 Å². The van der Waals surface area contributed by atoms with E-state index >= 15 is 0 Å². The van der Waals surface area contributed by atoms with Crippen LogP contribution in [0.25, 0.3) is 82.1 Å². The maximum atomic E-state index is 10.2. The van der Waals surface area contributed by atoms with Gasteiger partial charge in [-0.2, -0.15) is 10.5 Å². The summed E-state index contributed by atoms with van der Waals surface area (Å²) in [5.74, 6) is 0. The van der Waals surface area contributed by atoms with E-state index in [0.717, 1.165) is 66.5 Å². The minimum Gasteiger partial charge on any atom is -0.309 e. The average molecular weight is 636 g/mol. The van der Waals surface area contributed by atoms with E-state index < -0.39 is 0 Å². The fourth-order valence-corrected chi connectivity index (χ4v) is 7.34. The molecule has 0 aliphatic rings. The second-order valence-corrected chi connectivity index (χ2v) is 12.3. The first-order chi connectivity index (χ1) is 24.6. The molecule has 0 N–H and O–H groups in total. The Bertz CT molecular complexity index is 2830. The van der Waals surface area contributed by atoms with Crippen molar-refractivity contribution >= 4 is 49.3 Å². The summed E-state index contributed by atoms with van der Waals surface area (Å²) >= 11 is 0. The van der Waals surface area contributed by atoms with Crippen molar-refractivity contribution < 1.29 is 0 Å². The molecule has 2 aromatic heterocycles. The monoisotopic (exact) mass is 635 g/mol. The molecule has 0 amide bonds. The zero-order valence-electron chi connectivity index (χ0n) is 26.7. The lowest BCUT2D eigenvalue weighted by Gasteiger charge is -2.15. The summed E-state index contributed by atoms with van der Waals surface area (Å²) in [4.78, 5) is 3.67. The van der Waals surface area contributed by atoms with Crippen molar-refractivity contribution in [3.8, 4) is 45.8 Å². The number of nitrogens with zero attached hydrogens (tertiary/aromatic N) is 5. The molecule has 9 aromatic rings. The Morgan fingerprint density at radius 2 is 1.06 bits per heavy atom. The number of hydrogen-bond acceptors (Lipinski definition) is 2. The van der Waals surface area contributed by atoms with Crippen LogP contribution in [0.3, 0.4) is 0 Å². The Kier molecular flexibility index (Phi) is 6.56. The van der Waals surface area contributed by atoms with E-state index in [4.69, 9.17) is 6.57 Å². The highest BCUT2D eigenvalue weighted by Crippen LogP contribution is 2.39. The Morgan fingerprint density at radius 3 is 1.76 bits per heavy atom. The minimum atomic E-state index is 0.544. The minimum absolute atomic E-state index is 0.544. The quantitative estimate of drug-likeness (QED) is 0.181. The van der Waals surface area contributed by atoms with E-state index in [1.54, 1.807) is 0 Å². The van der Waals surface area contributed by atoms with Crippen molar-refractivity contribution in [1.29, 1.82) is 10.5 Å². The first kappa shape index (κ1) is 28.8. The molecular formula is C45H25N5. The second kappa shape index (κ2) is 11.4. The van der Waals surface area contributed by atoms with Crippen LogP contribution < -0.4 is 0 Å². The number of para-hydroxylation sites is 3. The van der Waals surface area contributed by atoms with Crippen molar-refractivity contribution in [2.45, 2.75) is 0 Å². The van der Waals surface area contributed by atoms with Crippen LogP contribution in [0.1, 0.15) is 11.1 Å². The zero-order valence-corrected chi connectivity index (χ0v) is 26.7. The van der Waals surface area contributed by atoms with Gasteiger partial charge in [-0.1, -0.05) is 72.8 Å². The molecule has 0 spiro atoms. The third-order valence-corrected chi connectivity index (χ3v) is 9.56. The number of nitriles is 2. The van der Waals surface area contributed by atoms with Crippen LogP contribution in [0.5, 0.6) is 0 Å². The van der Waals surface area contributed by atoms with Gasteiger partial charge in [0.2, 0.25) is 0 Å². The Hall–Kier alpha value is -7.39. The van der Waals surface area contributed by atoms with Crippen molar-refractivity contribution in [3.05, 3.63) is 174 Å². The molecular weight excluding hydrogens is 611 g/mol. The molecule has 0 aliphatic carbocycles. The topological polar surface area (TPSA) is 61.8 Å². The second-order valence-electron chi connectivity index (χ2n) is 12.3. The van der Waals surface area contributed by atoms with E-state index in [2.05, 4.69) is 117 Å². The zero-order chi connectivity index (χ0) is 33.8. The Balaban J connectivity index is 1.19. The van der Waals surface area contributed by atoms with Gasteiger partial charge in [-0.05, 0) is 101 Å². The SMILES string of the molecule is [C-]#[N+]c1ccc2c(c1)c1cc(C#N)ccc1n2-c1ccccc1-c1cc(C#N)cc(-c2ccc(-n3c4ccccc4c4ccccc43)cc2)c1. The van der Waals surface area contributed by atoms with Crippen molar-refractivity contribution in [3.63, 3.8) is 0 Å². The Morgan fingerprint density at radius 1 is 0.460 bits per heavy atom. The molecule has 0 saturated heterocycles. The predicted octanol–water partition coefficient (Wildman–Crippen LogP) is 11.5. The molecule has 7 aromatic carbocycles. The first-order valence-corrected chi connectivity index (χ1v) is 16.2. The van der Waals surface area contributed by atoms with Crippen LogP contribution in [-0.4, -0.2) is 9.13 Å². The average Bonchev–Trinajstić information content (AvgIpc) is 3.69. The molecule has 0 radical (unpaired) electrons. The fraction of sp³-hybridized carbons (Fsp3) is 0. The van der Waals surface area contributed by atoms with Gasteiger partial charge < -0.3 is 9.13 Å². The highest BCUT2D eigenvalue weighted by Gasteiger charge is 2.18. The third kappa shape index (κ3) is 4.45. The van der Waals surface area contributed by atoms with Crippen LogP contribution in [0.2, 0.25) is 0 Å². The van der Waals surface area contributed by atoms with Crippen LogP contribution in [-0.2, 0) is 0 Å². The largest absolute Gasteiger partial charge is 0.309 e. The highest BCUT2D eigenvalue weighted by atomic mass is 15.0. The van der Waals surface area contributed by atoms with Gasteiger partial charge in [0.05, 0.1) is 57.6 Å². The summed E-state index contributed by atoms with van der Waals surface area (Å²) in [6.45, 7) is 7.60. The molecule has 0 atom stereocenters. The number of benzene rings is 7. The van der Waals surface area contributed by atoms with Gasteiger partial charge in [-0.15, -0.1) is 0 Å². The first-order valence-electron chi connectivity index (χ1n) is 16.2. The van der Waals surface area contributed by atoms with Crippen LogP contribution in [0.15, 0.2) is 152 Å². The molecule has 230 valence electrons. The molecule has 0 bridgehead atoms. The van der Waals surface area contributed by atoms with Gasteiger partial charge in [0.25, 0.3) is 0 Å². The Labute approximate surface area is 288 Å². The molecule has 9 rings (SSSR count). The van der Waals surface area contributed by atoms with E-state index in [-0.39, 0.29) is 0 Å². The van der Waals surface area contributed by atoms with E-state index in [0.29, 0.717) is 16.8 Å². The van der Waals surface area contributed by atoms with Gasteiger partial charge in [-0.25, -0.2) is 4.85 Å². The van der Waals surface area contributed by atoms with Gasteiger partial charge in [0.15, 0.2) is 5.69 Å². The lowest BCUT2D eigenvalue weighted by Crippen LogP contribution is -1.98. The molecule has 5 heteroatoms. The van der Waals surface area contributed by atoms with E-state index in [1.807, 2.05) is 60.7 Å². The molecule has 0 fully saturated rings. The smallest absolute Gasteiger partial charge is 0.188 e. The molecule has 0 saturated carbocycles. The molecule has 2 heterocycles. The van der Waals surface area contributed by atoms with Gasteiger partial charge >= 0.3 is 0 Å². The van der Waals surface area contributed by atoms with Gasteiger partial charge in [-0.3, -0.25) is 0 Å². The summed E-state index contributed by atoms with van der Waals surface area (Å²) < 4.78 is 4.49. The van der Waals surface area contributed by atoms with Crippen molar-refractivity contribution in [2.24, 2.45) is 0 Å². The number of fused-ring (bicyclic) bond motifs is 6. The maximum Gasteiger partial charge on any atom is 0.188 e. The van der Waals surface area contributed by atoms with E-state index in [1.165, 1.54) is 10.8 Å². The standard InChI is InChI=1S/C45H25N5/c1-48-34-17-21-45-40(26-34)39-24-29(27-46)14-20-44(39)50(45)41-11-5-2-8-36(41)33-23-30(28-47)22-32(25-33)31-15-18-35(19-16-31)49-42-12-6-3-9-37(42)38-10-4-7-13-43(38)49/h2-26H. The van der Waals surface area contributed by atoms with Gasteiger partial charge in [0, 0.05) is 27.4 Å². The molecule has 0 unspecified atom stereocenters. The molecule has 0 aliphatic heterocycles. The number of hydrogen-bond donors (Lipinski definition) is 0. The predicted molar refractivity (Wildman–Crippen MR) is 202 cm³/mol. The molecule has 50 heavy (non-hydrogen) atoms. The third-order valence-electron chi connectivity index (χ3n) is 9.56. The normalized spacial score (nSPS) is 11.1. The van der Waals surface area contributed by atoms with Crippen molar-refractivity contribution in [1.82, 2.24) is 9.13 Å². The number of aromatic nitrogens is 2. The summed E-state index contributed by atoms with van der Waals surface area (Å²) in [6.07, 6.45) is 0. The van der Waals surface area contributed by atoms with Crippen LogP contribution in [0, 0.1) is 29.2 Å².